The Morgan fingerprint density at radius 3 is 2.48 bits per heavy atom. The summed E-state index contributed by atoms with van der Waals surface area (Å²) in [5.74, 6) is -0.749. The zero-order valence-electron chi connectivity index (χ0n) is 12.1. The molecule has 2 rings (SSSR count). The van der Waals surface area contributed by atoms with Crippen molar-refractivity contribution in [1.82, 2.24) is 14.9 Å². The Hall–Kier alpha value is -2.18. The Balaban J connectivity index is 1.94. The van der Waals surface area contributed by atoms with Crippen LogP contribution in [0.1, 0.15) is 32.6 Å². The van der Waals surface area contributed by atoms with Gasteiger partial charge in [0.15, 0.2) is 0 Å². The molecule has 114 valence electrons. The van der Waals surface area contributed by atoms with Crippen LogP contribution in [0.15, 0.2) is 18.7 Å². The molecule has 0 spiro atoms. The van der Waals surface area contributed by atoms with Crippen molar-refractivity contribution in [2.24, 2.45) is 5.41 Å². The van der Waals surface area contributed by atoms with Gasteiger partial charge >= 0.3 is 12.0 Å². The highest BCUT2D eigenvalue weighted by molar-refractivity contribution is 5.89. The molecule has 7 heteroatoms. The van der Waals surface area contributed by atoms with E-state index in [1.54, 1.807) is 4.90 Å². The molecule has 1 fully saturated rings. The number of carbonyl (C=O) groups excluding carboxylic acids is 1. The van der Waals surface area contributed by atoms with Crippen LogP contribution in [0.3, 0.4) is 0 Å². The van der Waals surface area contributed by atoms with E-state index < -0.39 is 11.4 Å². The average molecular weight is 292 g/mol. The van der Waals surface area contributed by atoms with Crippen molar-refractivity contribution in [2.45, 2.75) is 32.6 Å². The van der Waals surface area contributed by atoms with Gasteiger partial charge in [-0.05, 0) is 19.3 Å². The second-order valence-corrected chi connectivity index (χ2v) is 5.38. The van der Waals surface area contributed by atoms with Crippen LogP contribution in [0.5, 0.6) is 0 Å². The lowest BCUT2D eigenvalue weighted by atomic mass is 9.75. The second kappa shape index (κ2) is 6.51. The fourth-order valence-electron chi connectivity index (χ4n) is 2.75. The molecule has 1 aromatic heterocycles. The Bertz CT molecular complexity index is 498. The molecule has 0 aromatic carbocycles. The summed E-state index contributed by atoms with van der Waals surface area (Å²) in [6.45, 7) is 2.89. The van der Waals surface area contributed by atoms with Gasteiger partial charge in [-0.1, -0.05) is 13.3 Å². The Morgan fingerprint density at radius 1 is 1.33 bits per heavy atom. The average Bonchev–Trinajstić information content (AvgIpc) is 2.49. The van der Waals surface area contributed by atoms with Crippen molar-refractivity contribution in [1.29, 1.82) is 0 Å². The van der Waals surface area contributed by atoms with Crippen LogP contribution in [0.2, 0.25) is 0 Å². The number of hydrogen-bond donors (Lipinski definition) is 2. The van der Waals surface area contributed by atoms with E-state index in [-0.39, 0.29) is 6.03 Å². The van der Waals surface area contributed by atoms with Crippen molar-refractivity contribution in [3.8, 4) is 0 Å². The molecule has 0 bridgehead atoms. The first-order valence-corrected chi connectivity index (χ1v) is 7.12. The number of piperidine rings is 1. The van der Waals surface area contributed by atoms with Gasteiger partial charge in [-0.2, -0.15) is 0 Å². The van der Waals surface area contributed by atoms with E-state index in [9.17, 15) is 14.7 Å². The van der Waals surface area contributed by atoms with E-state index in [1.165, 1.54) is 18.7 Å². The zero-order valence-corrected chi connectivity index (χ0v) is 12.1. The summed E-state index contributed by atoms with van der Waals surface area (Å²) in [5.41, 5.74) is -0.146. The molecule has 0 saturated carbocycles. The van der Waals surface area contributed by atoms with Crippen LogP contribution >= 0.6 is 0 Å². The lowest BCUT2D eigenvalue weighted by Crippen LogP contribution is -2.47. The zero-order chi connectivity index (χ0) is 15.3. The first kappa shape index (κ1) is 15.2. The molecule has 0 radical (unpaired) electrons. The standard InChI is InChI=1S/C14H20N4O3/c1-2-3-14(12(19)20)4-6-18(7-5-14)13(21)17-11-8-15-10-16-9-11/h8-10H,2-7H2,1H3,(H,17,21)(H,19,20). The predicted octanol–water partition coefficient (Wildman–Crippen LogP) is 1.98. The van der Waals surface area contributed by atoms with Crippen LogP contribution in [0.25, 0.3) is 0 Å². The molecule has 1 aromatic rings. The summed E-state index contributed by atoms with van der Waals surface area (Å²) in [6.07, 6.45) is 6.91. The molecular formula is C14H20N4O3. The number of aromatic nitrogens is 2. The third-order valence-corrected chi connectivity index (χ3v) is 4.00. The number of carbonyl (C=O) groups is 2. The Labute approximate surface area is 123 Å². The normalized spacial score (nSPS) is 17.3. The van der Waals surface area contributed by atoms with Crippen molar-refractivity contribution in [3.63, 3.8) is 0 Å². The van der Waals surface area contributed by atoms with Crippen LogP contribution in [0.4, 0.5) is 10.5 Å². The van der Waals surface area contributed by atoms with E-state index in [0.29, 0.717) is 38.0 Å². The molecule has 0 aliphatic carbocycles. The van der Waals surface area contributed by atoms with Gasteiger partial charge < -0.3 is 15.3 Å². The third-order valence-electron chi connectivity index (χ3n) is 4.00. The minimum Gasteiger partial charge on any atom is -0.481 e. The number of hydrogen-bond acceptors (Lipinski definition) is 4. The highest BCUT2D eigenvalue weighted by Crippen LogP contribution is 2.36. The number of urea groups is 1. The molecular weight excluding hydrogens is 272 g/mol. The first-order valence-electron chi connectivity index (χ1n) is 7.12. The third kappa shape index (κ3) is 3.48. The quantitative estimate of drug-likeness (QED) is 0.884. The van der Waals surface area contributed by atoms with Gasteiger partial charge in [0.1, 0.15) is 6.33 Å². The number of aliphatic carboxylic acids is 1. The van der Waals surface area contributed by atoms with Gasteiger partial charge in [-0.15, -0.1) is 0 Å². The topological polar surface area (TPSA) is 95.4 Å². The fourth-order valence-corrected chi connectivity index (χ4v) is 2.75. The monoisotopic (exact) mass is 292 g/mol. The molecule has 2 amide bonds. The van der Waals surface area contributed by atoms with Gasteiger partial charge in [0.25, 0.3) is 0 Å². The summed E-state index contributed by atoms with van der Waals surface area (Å²) >= 11 is 0. The lowest BCUT2D eigenvalue weighted by Gasteiger charge is -2.38. The molecule has 1 aliphatic rings. The van der Waals surface area contributed by atoms with E-state index in [0.717, 1.165) is 6.42 Å². The van der Waals surface area contributed by atoms with Crippen molar-refractivity contribution in [3.05, 3.63) is 18.7 Å². The summed E-state index contributed by atoms with van der Waals surface area (Å²) < 4.78 is 0. The highest BCUT2D eigenvalue weighted by Gasteiger charge is 2.41. The number of nitrogens with zero attached hydrogens (tertiary/aromatic N) is 3. The maximum atomic E-state index is 12.1. The van der Waals surface area contributed by atoms with Gasteiger partial charge in [-0.25, -0.2) is 14.8 Å². The number of amides is 2. The van der Waals surface area contributed by atoms with Gasteiger partial charge in [0, 0.05) is 13.1 Å². The predicted molar refractivity (Wildman–Crippen MR) is 76.8 cm³/mol. The number of carboxylic acid groups (broad SMARTS) is 1. The number of rotatable bonds is 4. The summed E-state index contributed by atoms with van der Waals surface area (Å²) in [6, 6.07) is -0.236. The number of anilines is 1. The summed E-state index contributed by atoms with van der Waals surface area (Å²) in [4.78, 5) is 32.9. The maximum Gasteiger partial charge on any atom is 0.321 e. The van der Waals surface area contributed by atoms with Gasteiger partial charge in [0.2, 0.25) is 0 Å². The van der Waals surface area contributed by atoms with E-state index in [2.05, 4.69) is 15.3 Å². The smallest absolute Gasteiger partial charge is 0.321 e. The molecule has 0 unspecified atom stereocenters. The molecule has 2 heterocycles. The maximum absolute atomic E-state index is 12.1. The summed E-state index contributed by atoms with van der Waals surface area (Å²) in [5, 5.41) is 12.2. The van der Waals surface area contributed by atoms with Gasteiger partial charge in [-0.3, -0.25) is 4.79 Å². The van der Waals surface area contributed by atoms with Crippen LogP contribution in [-0.4, -0.2) is 45.1 Å². The van der Waals surface area contributed by atoms with E-state index in [1.807, 2.05) is 6.92 Å². The largest absolute Gasteiger partial charge is 0.481 e. The molecule has 1 saturated heterocycles. The molecule has 0 atom stereocenters. The second-order valence-electron chi connectivity index (χ2n) is 5.38. The molecule has 1 aliphatic heterocycles. The minimum absolute atomic E-state index is 0.236. The highest BCUT2D eigenvalue weighted by atomic mass is 16.4. The fraction of sp³-hybridized carbons (Fsp3) is 0.571. The number of nitrogens with one attached hydrogen (secondary N) is 1. The van der Waals surface area contributed by atoms with Crippen LogP contribution in [-0.2, 0) is 4.79 Å². The van der Waals surface area contributed by atoms with E-state index in [4.69, 9.17) is 0 Å². The van der Waals surface area contributed by atoms with E-state index >= 15 is 0 Å². The molecule has 21 heavy (non-hydrogen) atoms. The Morgan fingerprint density at radius 2 is 1.95 bits per heavy atom. The van der Waals surface area contributed by atoms with Crippen molar-refractivity contribution < 1.29 is 14.7 Å². The van der Waals surface area contributed by atoms with Crippen molar-refractivity contribution in [2.75, 3.05) is 18.4 Å². The van der Waals surface area contributed by atoms with Crippen LogP contribution in [0, 0.1) is 5.41 Å². The first-order chi connectivity index (χ1) is 10.1. The molecule has 7 nitrogen and oxygen atoms in total. The minimum atomic E-state index is -0.749. The number of likely N-dealkylation sites (tertiary alicyclic amines) is 1. The lowest BCUT2D eigenvalue weighted by molar-refractivity contribution is -0.152. The molecule has 2 N–H and O–H groups in total. The van der Waals surface area contributed by atoms with Crippen LogP contribution < -0.4 is 5.32 Å². The SMILES string of the molecule is CCCC1(C(=O)O)CCN(C(=O)Nc2cncnc2)CC1. The van der Waals surface area contributed by atoms with Gasteiger partial charge in [0.05, 0.1) is 23.5 Å². The summed E-state index contributed by atoms with van der Waals surface area (Å²) in [7, 11) is 0. The number of carboxylic acids is 1. The van der Waals surface area contributed by atoms with Crippen molar-refractivity contribution >= 4 is 17.7 Å². The Kier molecular flexibility index (Phi) is 4.72.